The number of carbonyl (C=O) groups excluding carboxylic acids is 2. The summed E-state index contributed by atoms with van der Waals surface area (Å²) in [5.41, 5.74) is 4.60. The zero-order chi connectivity index (χ0) is 25.5. The van der Waals surface area contributed by atoms with E-state index >= 15 is 0 Å². The minimum atomic E-state index is -0.780. The SMILES string of the molecule is CCc1ccc(C(=O)NC(Cc2ccccc2)C(=O)Nc2nnc(-c3ccc(N(C)C)cc3)s2)cc1. The van der Waals surface area contributed by atoms with E-state index in [9.17, 15) is 9.59 Å². The molecule has 0 spiro atoms. The van der Waals surface area contributed by atoms with E-state index in [1.165, 1.54) is 11.3 Å². The van der Waals surface area contributed by atoms with Crippen molar-refractivity contribution in [1.82, 2.24) is 15.5 Å². The highest BCUT2D eigenvalue weighted by Crippen LogP contribution is 2.28. The number of nitrogens with zero attached hydrogens (tertiary/aromatic N) is 3. The molecule has 0 saturated carbocycles. The molecular weight excluding hydrogens is 470 g/mol. The van der Waals surface area contributed by atoms with Crippen LogP contribution in [0.1, 0.15) is 28.4 Å². The number of hydrogen-bond donors (Lipinski definition) is 2. The van der Waals surface area contributed by atoms with Crippen LogP contribution in [-0.4, -0.2) is 42.1 Å². The average Bonchev–Trinajstić information content (AvgIpc) is 3.37. The minimum absolute atomic E-state index is 0.298. The minimum Gasteiger partial charge on any atom is -0.378 e. The lowest BCUT2D eigenvalue weighted by atomic mass is 10.0. The highest BCUT2D eigenvalue weighted by Gasteiger charge is 2.23. The van der Waals surface area contributed by atoms with Crippen molar-refractivity contribution in [2.75, 3.05) is 24.3 Å². The van der Waals surface area contributed by atoms with Gasteiger partial charge >= 0.3 is 0 Å². The molecule has 4 rings (SSSR count). The molecular formula is C28H29N5O2S. The summed E-state index contributed by atoms with van der Waals surface area (Å²) < 4.78 is 0. The van der Waals surface area contributed by atoms with E-state index in [1.54, 1.807) is 12.1 Å². The van der Waals surface area contributed by atoms with Gasteiger partial charge in [0.1, 0.15) is 11.0 Å². The van der Waals surface area contributed by atoms with E-state index < -0.39 is 6.04 Å². The summed E-state index contributed by atoms with van der Waals surface area (Å²) in [5, 5.41) is 15.2. The number of carbonyl (C=O) groups is 2. The zero-order valence-corrected chi connectivity index (χ0v) is 21.4. The van der Waals surface area contributed by atoms with Gasteiger partial charge in [-0.2, -0.15) is 0 Å². The van der Waals surface area contributed by atoms with Crippen molar-refractivity contribution >= 4 is 34.0 Å². The Kier molecular flexibility index (Phi) is 8.07. The molecule has 1 heterocycles. The Balaban J connectivity index is 1.49. The van der Waals surface area contributed by atoms with E-state index in [0.717, 1.165) is 28.8 Å². The smallest absolute Gasteiger partial charge is 0.251 e. The Bertz CT molecular complexity index is 1300. The van der Waals surface area contributed by atoms with Crippen LogP contribution in [-0.2, 0) is 17.6 Å². The molecule has 184 valence electrons. The van der Waals surface area contributed by atoms with Gasteiger partial charge in [-0.05, 0) is 53.9 Å². The number of aryl methyl sites for hydroxylation is 1. The molecule has 0 aliphatic carbocycles. The second-order valence-corrected chi connectivity index (χ2v) is 9.59. The molecule has 0 saturated heterocycles. The monoisotopic (exact) mass is 499 g/mol. The van der Waals surface area contributed by atoms with Crippen LogP contribution in [0.5, 0.6) is 0 Å². The standard InChI is InChI=1S/C28H29N5O2S/c1-4-19-10-12-21(13-11-19)25(34)29-24(18-20-8-6-5-7-9-20)26(35)30-28-32-31-27(36-28)22-14-16-23(17-15-22)33(2)3/h5-17,24H,4,18H2,1-3H3,(H,29,34)(H,30,32,35). The number of anilines is 2. The van der Waals surface area contributed by atoms with Gasteiger partial charge in [0.15, 0.2) is 0 Å². The van der Waals surface area contributed by atoms with Crippen molar-refractivity contribution in [3.05, 3.63) is 95.6 Å². The van der Waals surface area contributed by atoms with E-state index in [4.69, 9.17) is 0 Å². The van der Waals surface area contributed by atoms with E-state index in [-0.39, 0.29) is 11.8 Å². The molecule has 36 heavy (non-hydrogen) atoms. The van der Waals surface area contributed by atoms with Gasteiger partial charge in [-0.15, -0.1) is 10.2 Å². The Morgan fingerprint density at radius 2 is 1.58 bits per heavy atom. The lowest BCUT2D eigenvalue weighted by Gasteiger charge is -2.18. The second kappa shape index (κ2) is 11.6. The van der Waals surface area contributed by atoms with Crippen LogP contribution in [0, 0.1) is 0 Å². The number of aromatic nitrogens is 2. The van der Waals surface area contributed by atoms with Gasteiger partial charge in [-0.25, -0.2) is 0 Å². The third kappa shape index (κ3) is 6.34. The quantitative estimate of drug-likeness (QED) is 0.345. The average molecular weight is 500 g/mol. The summed E-state index contributed by atoms with van der Waals surface area (Å²) in [5.74, 6) is -0.643. The largest absolute Gasteiger partial charge is 0.378 e. The lowest BCUT2D eigenvalue weighted by molar-refractivity contribution is -0.118. The summed E-state index contributed by atoms with van der Waals surface area (Å²) in [6.45, 7) is 2.06. The van der Waals surface area contributed by atoms with Crippen LogP contribution in [0.15, 0.2) is 78.9 Å². The molecule has 8 heteroatoms. The number of rotatable bonds is 9. The predicted octanol–water partition coefficient (Wildman–Crippen LogP) is 4.81. The number of amides is 2. The molecule has 1 unspecified atom stereocenters. The number of benzene rings is 3. The maximum Gasteiger partial charge on any atom is 0.251 e. The Morgan fingerprint density at radius 1 is 0.889 bits per heavy atom. The molecule has 3 aromatic carbocycles. The Morgan fingerprint density at radius 3 is 2.22 bits per heavy atom. The maximum atomic E-state index is 13.3. The van der Waals surface area contributed by atoms with Crippen molar-refractivity contribution in [3.63, 3.8) is 0 Å². The molecule has 0 bridgehead atoms. The molecule has 0 fully saturated rings. The van der Waals surface area contributed by atoms with Gasteiger partial charge in [0, 0.05) is 37.3 Å². The maximum absolute atomic E-state index is 13.3. The molecule has 4 aromatic rings. The van der Waals surface area contributed by atoms with E-state index in [2.05, 4.69) is 27.8 Å². The third-order valence-corrected chi connectivity index (χ3v) is 6.70. The topological polar surface area (TPSA) is 87.2 Å². The van der Waals surface area contributed by atoms with Gasteiger partial charge in [0.25, 0.3) is 5.91 Å². The van der Waals surface area contributed by atoms with E-state index in [0.29, 0.717) is 22.1 Å². The summed E-state index contributed by atoms with van der Waals surface area (Å²) in [7, 11) is 3.97. The van der Waals surface area contributed by atoms with Gasteiger partial charge in [0.2, 0.25) is 11.0 Å². The first-order chi connectivity index (χ1) is 17.4. The van der Waals surface area contributed by atoms with Gasteiger partial charge in [-0.1, -0.05) is 60.7 Å². The molecule has 7 nitrogen and oxygen atoms in total. The van der Waals surface area contributed by atoms with Crippen LogP contribution in [0.4, 0.5) is 10.8 Å². The fourth-order valence-corrected chi connectivity index (χ4v) is 4.43. The molecule has 1 atom stereocenters. The van der Waals surface area contributed by atoms with Crippen molar-refractivity contribution in [1.29, 1.82) is 0 Å². The van der Waals surface area contributed by atoms with E-state index in [1.807, 2.05) is 85.7 Å². The first-order valence-electron chi connectivity index (χ1n) is 11.8. The predicted molar refractivity (Wildman–Crippen MR) is 146 cm³/mol. The van der Waals surface area contributed by atoms with Gasteiger partial charge in [0.05, 0.1) is 0 Å². The normalized spacial score (nSPS) is 11.5. The Hall–Kier alpha value is -4.04. The summed E-state index contributed by atoms with van der Waals surface area (Å²) in [6.07, 6.45) is 1.24. The first kappa shape index (κ1) is 25.1. The van der Waals surface area contributed by atoms with Crippen LogP contribution < -0.4 is 15.5 Å². The fourth-order valence-electron chi connectivity index (χ4n) is 3.68. The summed E-state index contributed by atoms with van der Waals surface area (Å²) in [4.78, 5) is 28.2. The van der Waals surface area contributed by atoms with Crippen molar-refractivity contribution in [2.24, 2.45) is 0 Å². The fraction of sp³-hybridized carbons (Fsp3) is 0.214. The van der Waals surface area contributed by atoms with Crippen LogP contribution in [0.3, 0.4) is 0 Å². The molecule has 0 radical (unpaired) electrons. The lowest BCUT2D eigenvalue weighted by Crippen LogP contribution is -2.45. The molecule has 0 aliphatic heterocycles. The zero-order valence-electron chi connectivity index (χ0n) is 20.6. The highest BCUT2D eigenvalue weighted by atomic mass is 32.1. The van der Waals surface area contributed by atoms with Crippen molar-refractivity contribution < 1.29 is 9.59 Å². The first-order valence-corrected chi connectivity index (χ1v) is 12.6. The van der Waals surface area contributed by atoms with Crippen LogP contribution >= 0.6 is 11.3 Å². The van der Waals surface area contributed by atoms with Crippen LogP contribution in [0.25, 0.3) is 10.6 Å². The van der Waals surface area contributed by atoms with Gasteiger partial charge < -0.3 is 10.2 Å². The summed E-state index contributed by atoms with van der Waals surface area (Å²) >= 11 is 1.29. The third-order valence-electron chi connectivity index (χ3n) is 5.81. The molecule has 2 amide bonds. The number of hydrogen-bond acceptors (Lipinski definition) is 6. The second-order valence-electron chi connectivity index (χ2n) is 8.61. The van der Waals surface area contributed by atoms with Crippen molar-refractivity contribution in [3.8, 4) is 10.6 Å². The van der Waals surface area contributed by atoms with Crippen molar-refractivity contribution in [2.45, 2.75) is 25.8 Å². The van der Waals surface area contributed by atoms with Gasteiger partial charge in [-0.3, -0.25) is 14.9 Å². The molecule has 0 aliphatic rings. The highest BCUT2D eigenvalue weighted by molar-refractivity contribution is 7.18. The Labute approximate surface area is 215 Å². The molecule has 2 N–H and O–H groups in total. The molecule has 1 aromatic heterocycles. The summed E-state index contributed by atoms with van der Waals surface area (Å²) in [6, 6.07) is 24.2. The van der Waals surface area contributed by atoms with Crippen LogP contribution in [0.2, 0.25) is 0 Å². The number of nitrogens with one attached hydrogen (secondary N) is 2.